The Balaban J connectivity index is 1.07. The lowest BCUT2D eigenvalue weighted by molar-refractivity contribution is 0.979. The fourth-order valence-corrected chi connectivity index (χ4v) is 8.98. The number of hydrogen-bond donors (Lipinski definition) is 0. The third kappa shape index (κ3) is 5.86. The second kappa shape index (κ2) is 14.2. The maximum Gasteiger partial charge on any atom is 0.164 e. The molecule has 12 aromatic rings. The van der Waals surface area contributed by atoms with Crippen molar-refractivity contribution in [3.8, 4) is 67.8 Å². The van der Waals surface area contributed by atoms with Crippen LogP contribution < -0.4 is 0 Å². The highest BCUT2D eigenvalue weighted by Crippen LogP contribution is 2.42. The van der Waals surface area contributed by atoms with Gasteiger partial charge in [0.05, 0.1) is 11.2 Å². The van der Waals surface area contributed by atoms with Gasteiger partial charge in [0.2, 0.25) is 0 Å². The number of benzene rings is 9. The van der Waals surface area contributed by atoms with Crippen LogP contribution in [0.3, 0.4) is 0 Å². The van der Waals surface area contributed by atoms with Crippen LogP contribution in [-0.4, -0.2) is 24.6 Å². The summed E-state index contributed by atoms with van der Waals surface area (Å²) < 4.78 is 2.13. The molecule has 12 rings (SSSR count). The number of nitrogens with zero attached hydrogens (tertiary/aromatic N) is 5. The first-order valence-corrected chi connectivity index (χ1v) is 20.6. The zero-order valence-electron chi connectivity index (χ0n) is 32.9. The van der Waals surface area contributed by atoms with Crippen molar-refractivity contribution in [1.29, 1.82) is 0 Å². The van der Waals surface area contributed by atoms with E-state index < -0.39 is 0 Å². The molecule has 284 valence electrons. The molecule has 0 saturated carbocycles. The molecule has 0 amide bonds. The van der Waals surface area contributed by atoms with Crippen LogP contribution in [0, 0.1) is 0 Å². The van der Waals surface area contributed by atoms with Crippen LogP contribution in [0.5, 0.6) is 0 Å². The molecule has 3 heterocycles. The van der Waals surface area contributed by atoms with Crippen molar-refractivity contribution >= 4 is 48.6 Å². The van der Waals surface area contributed by atoms with E-state index in [4.69, 9.17) is 20.1 Å². The van der Waals surface area contributed by atoms with Gasteiger partial charge in [-0.15, -0.1) is 0 Å². The summed E-state index contributed by atoms with van der Waals surface area (Å²) >= 11 is 0. The lowest BCUT2D eigenvalue weighted by Gasteiger charge is -2.13. The quantitative estimate of drug-likeness (QED) is 0.158. The fourth-order valence-electron chi connectivity index (χ4n) is 8.98. The molecule has 0 unspecified atom stereocenters. The molecule has 0 spiro atoms. The van der Waals surface area contributed by atoms with Crippen LogP contribution in [0.4, 0.5) is 0 Å². The van der Waals surface area contributed by atoms with Gasteiger partial charge in [0.25, 0.3) is 0 Å². The SMILES string of the molecule is c1ccc(-c2nc(-c3cccc(-c4cc5ccccc5c5c(-c6ccccc6)c(-c6ccccc6)nn45)c3)nc(-c3ccc4c5ccccc5c5ccccc5c4c3)n2)cc1. The average molecular weight is 778 g/mol. The molecule has 3 aromatic heterocycles. The minimum absolute atomic E-state index is 0.599. The number of rotatable bonds is 6. The summed E-state index contributed by atoms with van der Waals surface area (Å²) in [6, 6.07) is 74.5. The third-order valence-electron chi connectivity index (χ3n) is 11.8. The Hall–Kier alpha value is -8.28. The smallest absolute Gasteiger partial charge is 0.164 e. The van der Waals surface area contributed by atoms with Crippen LogP contribution in [-0.2, 0) is 0 Å². The maximum absolute atomic E-state index is 5.44. The first kappa shape index (κ1) is 34.7. The van der Waals surface area contributed by atoms with E-state index in [1.807, 2.05) is 24.3 Å². The second-order valence-corrected chi connectivity index (χ2v) is 15.4. The molecule has 61 heavy (non-hydrogen) atoms. The number of fused-ring (bicyclic) bond motifs is 9. The minimum Gasteiger partial charge on any atom is -0.231 e. The van der Waals surface area contributed by atoms with Crippen LogP contribution >= 0.6 is 0 Å². The molecule has 0 radical (unpaired) electrons. The predicted octanol–water partition coefficient (Wildman–Crippen LogP) is 14.1. The van der Waals surface area contributed by atoms with E-state index in [2.05, 4.69) is 193 Å². The third-order valence-corrected chi connectivity index (χ3v) is 11.8. The van der Waals surface area contributed by atoms with E-state index in [1.165, 1.54) is 32.3 Å². The van der Waals surface area contributed by atoms with Gasteiger partial charge >= 0.3 is 0 Å². The topological polar surface area (TPSA) is 56.0 Å². The molecule has 0 aliphatic rings. The molecule has 0 aliphatic carbocycles. The first-order valence-electron chi connectivity index (χ1n) is 20.6. The van der Waals surface area contributed by atoms with Gasteiger partial charge in [-0.05, 0) is 61.5 Å². The van der Waals surface area contributed by atoms with Gasteiger partial charge < -0.3 is 0 Å². The normalized spacial score (nSPS) is 11.6. The lowest BCUT2D eigenvalue weighted by Crippen LogP contribution is -2.01. The van der Waals surface area contributed by atoms with Gasteiger partial charge in [0.1, 0.15) is 5.69 Å². The Morgan fingerprint density at radius 3 is 1.39 bits per heavy atom. The van der Waals surface area contributed by atoms with Crippen LogP contribution in [0.25, 0.3) is 116 Å². The zero-order chi connectivity index (χ0) is 40.3. The fraction of sp³-hybridized carbons (Fsp3) is 0. The van der Waals surface area contributed by atoms with E-state index in [0.29, 0.717) is 17.5 Å². The molecule has 9 aromatic carbocycles. The summed E-state index contributed by atoms with van der Waals surface area (Å²) in [6.45, 7) is 0. The van der Waals surface area contributed by atoms with Crippen LogP contribution in [0.2, 0.25) is 0 Å². The van der Waals surface area contributed by atoms with Crippen molar-refractivity contribution in [1.82, 2.24) is 24.6 Å². The summed E-state index contributed by atoms with van der Waals surface area (Å²) in [5.74, 6) is 1.84. The Morgan fingerprint density at radius 2 is 0.754 bits per heavy atom. The lowest BCUT2D eigenvalue weighted by atomic mass is 9.93. The van der Waals surface area contributed by atoms with Crippen molar-refractivity contribution in [3.63, 3.8) is 0 Å². The Morgan fingerprint density at radius 1 is 0.295 bits per heavy atom. The molecule has 0 atom stereocenters. The molecule has 0 saturated heterocycles. The van der Waals surface area contributed by atoms with E-state index in [0.717, 1.165) is 66.6 Å². The largest absolute Gasteiger partial charge is 0.231 e. The van der Waals surface area contributed by atoms with Gasteiger partial charge in [-0.1, -0.05) is 194 Å². The number of pyridine rings is 1. The van der Waals surface area contributed by atoms with Gasteiger partial charge in [-0.3, -0.25) is 0 Å². The molecular weight excluding hydrogens is 743 g/mol. The highest BCUT2D eigenvalue weighted by Gasteiger charge is 2.22. The van der Waals surface area contributed by atoms with Crippen molar-refractivity contribution in [2.75, 3.05) is 0 Å². The summed E-state index contributed by atoms with van der Waals surface area (Å²) in [4.78, 5) is 15.5. The summed E-state index contributed by atoms with van der Waals surface area (Å²) in [5.41, 5.74) is 10.0. The van der Waals surface area contributed by atoms with Crippen molar-refractivity contribution in [2.24, 2.45) is 0 Å². The van der Waals surface area contributed by atoms with E-state index in [-0.39, 0.29) is 0 Å². The van der Waals surface area contributed by atoms with Gasteiger partial charge in [0, 0.05) is 38.8 Å². The second-order valence-electron chi connectivity index (χ2n) is 15.4. The van der Waals surface area contributed by atoms with E-state index >= 15 is 0 Å². The zero-order valence-corrected chi connectivity index (χ0v) is 32.9. The summed E-state index contributed by atoms with van der Waals surface area (Å²) in [5, 5.41) is 15.0. The van der Waals surface area contributed by atoms with Crippen LogP contribution in [0.15, 0.2) is 212 Å². The van der Waals surface area contributed by atoms with Crippen molar-refractivity contribution in [2.45, 2.75) is 0 Å². The summed E-state index contributed by atoms with van der Waals surface area (Å²) in [7, 11) is 0. The molecule has 5 heteroatoms. The number of hydrogen-bond acceptors (Lipinski definition) is 4. The van der Waals surface area contributed by atoms with Gasteiger partial charge in [0.15, 0.2) is 17.5 Å². The molecule has 0 N–H and O–H groups in total. The van der Waals surface area contributed by atoms with Gasteiger partial charge in [-0.2, -0.15) is 5.10 Å². The average Bonchev–Trinajstić information content (AvgIpc) is 3.76. The van der Waals surface area contributed by atoms with Crippen molar-refractivity contribution < 1.29 is 0 Å². The molecular formula is C56H35N5. The summed E-state index contributed by atoms with van der Waals surface area (Å²) in [6.07, 6.45) is 0. The van der Waals surface area contributed by atoms with E-state index in [1.54, 1.807) is 0 Å². The first-order chi connectivity index (χ1) is 30.2. The highest BCUT2D eigenvalue weighted by molar-refractivity contribution is 6.25. The Kier molecular flexibility index (Phi) is 8.10. The Bertz CT molecular complexity index is 3600. The van der Waals surface area contributed by atoms with E-state index in [9.17, 15) is 0 Å². The molecule has 0 fully saturated rings. The predicted molar refractivity (Wildman–Crippen MR) is 251 cm³/mol. The number of aromatic nitrogens is 5. The van der Waals surface area contributed by atoms with Gasteiger partial charge in [-0.25, -0.2) is 19.5 Å². The highest BCUT2D eigenvalue weighted by atomic mass is 15.2. The van der Waals surface area contributed by atoms with Crippen LogP contribution in [0.1, 0.15) is 0 Å². The molecule has 0 aliphatic heterocycles. The van der Waals surface area contributed by atoms with Crippen molar-refractivity contribution in [3.05, 3.63) is 212 Å². The maximum atomic E-state index is 5.44. The molecule has 5 nitrogen and oxygen atoms in total. The molecule has 0 bridgehead atoms. The minimum atomic E-state index is 0.599. The standard InChI is InChI=1S/C56H35N5/c1-4-17-36(18-5-1)51-52(37-19-6-2-7-20-37)60-61-50(35-39-23-10-11-26-43(39)53(51)61)40-24-16-25-41(33-40)55-57-54(38-21-8-3-9-22-38)58-56(59-55)42-31-32-48-46-29-13-12-27-44(46)45-28-14-15-30-47(45)49(48)34-42/h1-35H. The Labute approximate surface area is 351 Å². The monoisotopic (exact) mass is 777 g/mol.